The molecule has 7 heteroatoms. The minimum absolute atomic E-state index is 0.0740. The SMILES string of the molecule is Cc1cnc(C(=O)N2CCC(n3ccnn3)C2)cn1. The van der Waals surface area contributed by atoms with Crippen LogP contribution < -0.4 is 0 Å². The standard InChI is InChI=1S/C12H14N6O/c1-9-6-14-11(7-13-9)12(19)17-4-2-10(8-17)18-5-3-15-16-18/h3,5-7,10H,2,4,8H2,1H3. The van der Waals surface area contributed by atoms with E-state index in [1.165, 1.54) is 6.20 Å². The summed E-state index contributed by atoms with van der Waals surface area (Å²) in [5, 5.41) is 7.77. The molecular formula is C12H14N6O. The van der Waals surface area contributed by atoms with E-state index in [2.05, 4.69) is 20.3 Å². The molecule has 0 aliphatic carbocycles. The Hall–Kier alpha value is -2.31. The molecule has 3 rings (SSSR count). The highest BCUT2D eigenvalue weighted by Gasteiger charge is 2.29. The van der Waals surface area contributed by atoms with Gasteiger partial charge in [-0.25, -0.2) is 9.67 Å². The lowest BCUT2D eigenvalue weighted by Crippen LogP contribution is -2.30. The van der Waals surface area contributed by atoms with E-state index in [9.17, 15) is 4.79 Å². The van der Waals surface area contributed by atoms with Crippen LogP contribution in [0.25, 0.3) is 0 Å². The van der Waals surface area contributed by atoms with Crippen LogP contribution in [0.3, 0.4) is 0 Å². The van der Waals surface area contributed by atoms with Crippen LogP contribution in [0.1, 0.15) is 28.6 Å². The van der Waals surface area contributed by atoms with E-state index in [0.29, 0.717) is 18.8 Å². The molecule has 1 aliphatic rings. The number of aryl methyl sites for hydroxylation is 1. The van der Waals surface area contributed by atoms with Crippen LogP contribution in [0.5, 0.6) is 0 Å². The highest BCUT2D eigenvalue weighted by molar-refractivity contribution is 5.92. The molecule has 1 unspecified atom stereocenters. The van der Waals surface area contributed by atoms with Crippen LogP contribution in [0, 0.1) is 6.92 Å². The number of amides is 1. The third-order valence-electron chi connectivity index (χ3n) is 3.27. The largest absolute Gasteiger partial charge is 0.335 e. The van der Waals surface area contributed by atoms with Gasteiger partial charge in [0.2, 0.25) is 0 Å². The summed E-state index contributed by atoms with van der Waals surface area (Å²) in [5.74, 6) is -0.0740. The highest BCUT2D eigenvalue weighted by atomic mass is 16.2. The zero-order valence-electron chi connectivity index (χ0n) is 10.6. The molecule has 7 nitrogen and oxygen atoms in total. The maximum atomic E-state index is 12.3. The summed E-state index contributed by atoms with van der Waals surface area (Å²) in [6.45, 7) is 3.19. The van der Waals surface area contributed by atoms with E-state index in [0.717, 1.165) is 12.1 Å². The van der Waals surface area contributed by atoms with Crippen molar-refractivity contribution in [2.45, 2.75) is 19.4 Å². The molecule has 0 bridgehead atoms. The monoisotopic (exact) mass is 258 g/mol. The molecule has 2 aromatic heterocycles. The summed E-state index contributed by atoms with van der Waals surface area (Å²) >= 11 is 0. The first-order chi connectivity index (χ1) is 9.24. The van der Waals surface area contributed by atoms with Gasteiger partial charge in [-0.1, -0.05) is 5.21 Å². The van der Waals surface area contributed by atoms with Gasteiger partial charge in [0.05, 0.1) is 24.1 Å². The van der Waals surface area contributed by atoms with E-state index in [-0.39, 0.29) is 11.9 Å². The lowest BCUT2D eigenvalue weighted by Gasteiger charge is -2.15. The van der Waals surface area contributed by atoms with Gasteiger partial charge in [0.25, 0.3) is 5.91 Å². The number of likely N-dealkylation sites (tertiary alicyclic amines) is 1. The fraction of sp³-hybridized carbons (Fsp3) is 0.417. The molecule has 1 amide bonds. The molecule has 0 radical (unpaired) electrons. The third-order valence-corrected chi connectivity index (χ3v) is 3.27. The lowest BCUT2D eigenvalue weighted by atomic mass is 10.3. The topological polar surface area (TPSA) is 76.8 Å². The van der Waals surface area contributed by atoms with Crippen molar-refractivity contribution in [3.8, 4) is 0 Å². The zero-order valence-corrected chi connectivity index (χ0v) is 10.6. The molecule has 1 saturated heterocycles. The fourth-order valence-corrected chi connectivity index (χ4v) is 2.22. The molecule has 3 heterocycles. The first-order valence-corrected chi connectivity index (χ1v) is 6.18. The van der Waals surface area contributed by atoms with Crippen molar-refractivity contribution < 1.29 is 4.79 Å². The van der Waals surface area contributed by atoms with Crippen molar-refractivity contribution in [2.24, 2.45) is 0 Å². The molecule has 98 valence electrons. The van der Waals surface area contributed by atoms with Gasteiger partial charge < -0.3 is 4.90 Å². The number of rotatable bonds is 2. The summed E-state index contributed by atoms with van der Waals surface area (Å²) in [6.07, 6.45) is 7.49. The number of nitrogens with zero attached hydrogens (tertiary/aromatic N) is 6. The average Bonchev–Trinajstić information content (AvgIpc) is 3.10. The second-order valence-corrected chi connectivity index (χ2v) is 4.62. The number of aromatic nitrogens is 5. The number of carbonyl (C=O) groups is 1. The molecule has 1 atom stereocenters. The van der Waals surface area contributed by atoms with E-state index in [4.69, 9.17) is 0 Å². The number of hydrogen-bond acceptors (Lipinski definition) is 5. The van der Waals surface area contributed by atoms with Crippen LogP contribution >= 0.6 is 0 Å². The van der Waals surface area contributed by atoms with Crippen molar-refractivity contribution >= 4 is 5.91 Å². The predicted molar refractivity (Wildman–Crippen MR) is 66.3 cm³/mol. The van der Waals surface area contributed by atoms with E-state index < -0.39 is 0 Å². The average molecular weight is 258 g/mol. The quantitative estimate of drug-likeness (QED) is 0.782. The molecule has 0 saturated carbocycles. The van der Waals surface area contributed by atoms with Crippen LogP contribution in [0.15, 0.2) is 24.8 Å². The minimum Gasteiger partial charge on any atom is -0.335 e. The maximum Gasteiger partial charge on any atom is 0.274 e. The van der Waals surface area contributed by atoms with E-state index >= 15 is 0 Å². The predicted octanol–water partition coefficient (Wildman–Crippen LogP) is 0.464. The fourth-order valence-electron chi connectivity index (χ4n) is 2.22. The van der Waals surface area contributed by atoms with Gasteiger partial charge in [-0.3, -0.25) is 9.78 Å². The Kier molecular flexibility index (Phi) is 2.94. The zero-order chi connectivity index (χ0) is 13.2. The smallest absolute Gasteiger partial charge is 0.274 e. The highest BCUT2D eigenvalue weighted by Crippen LogP contribution is 2.21. The van der Waals surface area contributed by atoms with Gasteiger partial charge in [0, 0.05) is 25.5 Å². The van der Waals surface area contributed by atoms with Crippen molar-refractivity contribution in [1.82, 2.24) is 29.9 Å². The first-order valence-electron chi connectivity index (χ1n) is 6.18. The van der Waals surface area contributed by atoms with Gasteiger partial charge >= 0.3 is 0 Å². The summed E-state index contributed by atoms with van der Waals surface area (Å²) in [7, 11) is 0. The van der Waals surface area contributed by atoms with Gasteiger partial charge in [0.15, 0.2) is 0 Å². The second kappa shape index (κ2) is 4.75. The minimum atomic E-state index is -0.0740. The van der Waals surface area contributed by atoms with Gasteiger partial charge in [0.1, 0.15) is 5.69 Å². The third kappa shape index (κ3) is 2.31. The molecule has 2 aromatic rings. The van der Waals surface area contributed by atoms with Crippen LogP contribution in [0.2, 0.25) is 0 Å². The van der Waals surface area contributed by atoms with Gasteiger partial charge in [-0.05, 0) is 13.3 Å². The van der Waals surface area contributed by atoms with E-state index in [1.54, 1.807) is 22.0 Å². The van der Waals surface area contributed by atoms with Crippen molar-refractivity contribution in [3.05, 3.63) is 36.2 Å². The first kappa shape index (κ1) is 11.8. The Balaban J connectivity index is 1.71. The summed E-state index contributed by atoms with van der Waals surface area (Å²) in [5.41, 5.74) is 1.20. The van der Waals surface area contributed by atoms with Gasteiger partial charge in [-0.15, -0.1) is 5.10 Å². The Bertz CT molecular complexity index is 564. The molecule has 1 aliphatic heterocycles. The normalized spacial score (nSPS) is 18.8. The summed E-state index contributed by atoms with van der Waals surface area (Å²) < 4.78 is 1.80. The Morgan fingerprint density at radius 3 is 2.95 bits per heavy atom. The molecule has 1 fully saturated rings. The Labute approximate surface area is 110 Å². The Morgan fingerprint density at radius 1 is 1.37 bits per heavy atom. The van der Waals surface area contributed by atoms with Crippen molar-refractivity contribution in [2.75, 3.05) is 13.1 Å². The maximum absolute atomic E-state index is 12.3. The molecule has 0 N–H and O–H groups in total. The summed E-state index contributed by atoms with van der Waals surface area (Å²) in [4.78, 5) is 22.3. The Morgan fingerprint density at radius 2 is 2.26 bits per heavy atom. The molecular weight excluding hydrogens is 244 g/mol. The molecule has 0 aromatic carbocycles. The second-order valence-electron chi connectivity index (χ2n) is 4.62. The summed E-state index contributed by atoms with van der Waals surface area (Å²) in [6, 6.07) is 0.199. The van der Waals surface area contributed by atoms with Crippen LogP contribution in [-0.2, 0) is 0 Å². The molecule has 19 heavy (non-hydrogen) atoms. The number of hydrogen-bond donors (Lipinski definition) is 0. The van der Waals surface area contributed by atoms with Crippen molar-refractivity contribution in [1.29, 1.82) is 0 Å². The van der Waals surface area contributed by atoms with Crippen LogP contribution in [-0.4, -0.2) is 48.9 Å². The molecule has 0 spiro atoms. The van der Waals surface area contributed by atoms with Crippen LogP contribution in [0.4, 0.5) is 0 Å². The lowest BCUT2D eigenvalue weighted by molar-refractivity contribution is 0.0780. The van der Waals surface area contributed by atoms with Crippen molar-refractivity contribution in [3.63, 3.8) is 0 Å². The van der Waals surface area contributed by atoms with Gasteiger partial charge in [-0.2, -0.15) is 0 Å². The van der Waals surface area contributed by atoms with E-state index in [1.807, 2.05) is 13.1 Å². The number of carbonyl (C=O) groups excluding carboxylic acids is 1.